The minimum Gasteiger partial charge on any atom is -0.357 e. The molecule has 0 aromatic heterocycles. The number of aliphatic imine (C=N–C) groups is 1. The zero-order chi connectivity index (χ0) is 13.1. The molecule has 0 radical (unpaired) electrons. The summed E-state index contributed by atoms with van der Waals surface area (Å²) in [7, 11) is 0. The van der Waals surface area contributed by atoms with E-state index in [0.29, 0.717) is 19.0 Å². The lowest BCUT2D eigenvalue weighted by Crippen LogP contribution is -2.39. The van der Waals surface area contributed by atoms with Gasteiger partial charge in [-0.1, -0.05) is 0 Å². The van der Waals surface area contributed by atoms with E-state index in [4.69, 9.17) is 0 Å². The van der Waals surface area contributed by atoms with E-state index in [0.717, 1.165) is 12.2 Å². The van der Waals surface area contributed by atoms with E-state index in [1.807, 2.05) is 13.2 Å². The van der Waals surface area contributed by atoms with Crippen molar-refractivity contribution in [3.8, 4) is 0 Å². The molecular weight excluding hydrogens is 251 g/mol. The van der Waals surface area contributed by atoms with Crippen LogP contribution in [0.3, 0.4) is 0 Å². The summed E-state index contributed by atoms with van der Waals surface area (Å²) in [6.07, 6.45) is -2.03. The van der Waals surface area contributed by atoms with Crippen molar-refractivity contribution < 1.29 is 13.2 Å². The summed E-state index contributed by atoms with van der Waals surface area (Å²) in [6, 6.07) is 0. The summed E-state index contributed by atoms with van der Waals surface area (Å²) in [5.74, 6) is 1.46. The maximum atomic E-state index is 11.9. The van der Waals surface area contributed by atoms with Gasteiger partial charge in [-0.15, -0.1) is 0 Å². The van der Waals surface area contributed by atoms with Gasteiger partial charge in [0.2, 0.25) is 0 Å². The van der Waals surface area contributed by atoms with Crippen LogP contribution in [0.2, 0.25) is 0 Å². The first-order valence-electron chi connectivity index (χ1n) is 5.57. The normalized spacial score (nSPS) is 12.6. The van der Waals surface area contributed by atoms with Gasteiger partial charge in [0.05, 0.1) is 6.42 Å². The molecule has 3 nitrogen and oxygen atoms in total. The SMILES string of the molecule is CCNC(=NCCCSC)NCCC(F)(F)F. The number of hydrogen-bond donors (Lipinski definition) is 2. The summed E-state index contributed by atoms with van der Waals surface area (Å²) in [5, 5.41) is 5.58. The molecule has 0 saturated carbocycles. The first-order valence-corrected chi connectivity index (χ1v) is 6.97. The highest BCUT2D eigenvalue weighted by Crippen LogP contribution is 2.17. The lowest BCUT2D eigenvalue weighted by atomic mass is 10.4. The van der Waals surface area contributed by atoms with Gasteiger partial charge in [-0.25, -0.2) is 0 Å². The third-order valence-corrected chi connectivity index (χ3v) is 2.52. The molecule has 0 bridgehead atoms. The van der Waals surface area contributed by atoms with Crippen LogP contribution < -0.4 is 10.6 Å². The highest BCUT2D eigenvalue weighted by atomic mass is 32.2. The number of alkyl halides is 3. The summed E-state index contributed by atoms with van der Waals surface area (Å²) in [6.45, 7) is 3.00. The number of hydrogen-bond acceptors (Lipinski definition) is 2. The van der Waals surface area contributed by atoms with E-state index in [-0.39, 0.29) is 6.54 Å². The minimum absolute atomic E-state index is 0.141. The van der Waals surface area contributed by atoms with Gasteiger partial charge in [-0.2, -0.15) is 24.9 Å². The molecule has 17 heavy (non-hydrogen) atoms. The van der Waals surface area contributed by atoms with Gasteiger partial charge < -0.3 is 10.6 Å². The average Bonchev–Trinajstić information content (AvgIpc) is 2.22. The molecule has 0 atom stereocenters. The standard InChI is InChI=1S/C10H20F3N3S/c1-3-14-9(15-6-4-8-17-2)16-7-5-10(11,12)13/h3-8H2,1-2H3,(H2,14,15,16). The van der Waals surface area contributed by atoms with Gasteiger partial charge in [-0.3, -0.25) is 4.99 Å². The molecule has 0 rings (SSSR count). The van der Waals surface area contributed by atoms with Crippen LogP contribution in [0, 0.1) is 0 Å². The van der Waals surface area contributed by atoms with E-state index in [9.17, 15) is 13.2 Å². The van der Waals surface area contributed by atoms with E-state index < -0.39 is 12.6 Å². The predicted octanol–water partition coefficient (Wildman–Crippen LogP) is 2.25. The third kappa shape index (κ3) is 11.7. The van der Waals surface area contributed by atoms with Gasteiger partial charge in [0, 0.05) is 19.6 Å². The fraction of sp³-hybridized carbons (Fsp3) is 0.900. The predicted molar refractivity (Wildman–Crippen MR) is 67.7 cm³/mol. The summed E-state index contributed by atoms with van der Waals surface area (Å²) in [4.78, 5) is 4.18. The quantitative estimate of drug-likeness (QED) is 0.423. The Bertz CT molecular complexity index is 219. The topological polar surface area (TPSA) is 36.4 Å². The van der Waals surface area contributed by atoms with E-state index >= 15 is 0 Å². The van der Waals surface area contributed by atoms with Crippen LogP contribution in [0.5, 0.6) is 0 Å². The number of thioether (sulfide) groups is 1. The first kappa shape index (κ1) is 16.4. The lowest BCUT2D eigenvalue weighted by Gasteiger charge is -2.12. The molecule has 0 aliphatic heterocycles. The molecule has 7 heteroatoms. The first-order chi connectivity index (χ1) is 7.99. The van der Waals surface area contributed by atoms with Crippen molar-refractivity contribution in [3.63, 3.8) is 0 Å². The molecule has 0 spiro atoms. The van der Waals surface area contributed by atoms with Crippen molar-refractivity contribution in [3.05, 3.63) is 0 Å². The molecule has 0 aliphatic carbocycles. The van der Waals surface area contributed by atoms with Gasteiger partial charge in [0.1, 0.15) is 0 Å². The molecule has 0 unspecified atom stereocenters. The van der Waals surface area contributed by atoms with Crippen LogP contribution in [0.25, 0.3) is 0 Å². The van der Waals surface area contributed by atoms with Crippen molar-refractivity contribution in [2.45, 2.75) is 25.9 Å². The Morgan fingerprint density at radius 3 is 2.53 bits per heavy atom. The fourth-order valence-corrected chi connectivity index (χ4v) is 1.48. The van der Waals surface area contributed by atoms with Crippen LogP contribution in [0.15, 0.2) is 4.99 Å². The highest BCUT2D eigenvalue weighted by molar-refractivity contribution is 7.98. The number of nitrogens with zero attached hydrogens (tertiary/aromatic N) is 1. The number of halogens is 3. The Morgan fingerprint density at radius 2 is 2.00 bits per heavy atom. The molecule has 0 saturated heterocycles. The zero-order valence-electron chi connectivity index (χ0n) is 10.2. The van der Waals surface area contributed by atoms with Crippen LogP contribution in [0.1, 0.15) is 19.8 Å². The smallest absolute Gasteiger partial charge is 0.357 e. The molecule has 0 heterocycles. The van der Waals surface area contributed by atoms with E-state index in [1.54, 1.807) is 11.8 Å². The third-order valence-electron chi connectivity index (χ3n) is 1.82. The van der Waals surface area contributed by atoms with Gasteiger partial charge in [-0.05, 0) is 25.4 Å². The Labute approximate surface area is 105 Å². The Morgan fingerprint density at radius 1 is 1.29 bits per heavy atom. The van der Waals surface area contributed by atoms with Gasteiger partial charge in [0.25, 0.3) is 0 Å². The van der Waals surface area contributed by atoms with E-state index in [2.05, 4.69) is 15.6 Å². The second-order valence-corrected chi connectivity index (χ2v) is 4.38. The van der Waals surface area contributed by atoms with Crippen LogP contribution in [-0.2, 0) is 0 Å². The lowest BCUT2D eigenvalue weighted by molar-refractivity contribution is -0.132. The van der Waals surface area contributed by atoms with Gasteiger partial charge in [0.15, 0.2) is 5.96 Å². The molecule has 0 aromatic rings. The van der Waals surface area contributed by atoms with Crippen molar-refractivity contribution >= 4 is 17.7 Å². The van der Waals surface area contributed by atoms with Crippen molar-refractivity contribution in [1.82, 2.24) is 10.6 Å². The summed E-state index contributed by atoms with van der Waals surface area (Å²) in [5.41, 5.74) is 0. The average molecular weight is 271 g/mol. The van der Waals surface area contributed by atoms with Crippen LogP contribution in [-0.4, -0.2) is 43.8 Å². The van der Waals surface area contributed by atoms with Gasteiger partial charge >= 0.3 is 6.18 Å². The Kier molecular flexibility index (Phi) is 9.11. The maximum Gasteiger partial charge on any atom is 0.390 e. The highest BCUT2D eigenvalue weighted by Gasteiger charge is 2.26. The number of rotatable bonds is 7. The molecule has 0 aromatic carbocycles. The molecule has 2 N–H and O–H groups in total. The summed E-state index contributed by atoms with van der Waals surface area (Å²) < 4.78 is 35.8. The van der Waals surface area contributed by atoms with Crippen molar-refractivity contribution in [1.29, 1.82) is 0 Å². The monoisotopic (exact) mass is 271 g/mol. The van der Waals surface area contributed by atoms with E-state index in [1.165, 1.54) is 0 Å². The largest absolute Gasteiger partial charge is 0.390 e. The molecule has 102 valence electrons. The summed E-state index contributed by atoms with van der Waals surface area (Å²) >= 11 is 1.73. The van der Waals surface area contributed by atoms with Crippen molar-refractivity contribution in [2.24, 2.45) is 4.99 Å². The second-order valence-electron chi connectivity index (χ2n) is 3.40. The molecule has 0 aliphatic rings. The Balaban J connectivity index is 3.88. The fourth-order valence-electron chi connectivity index (χ4n) is 1.06. The molecule has 0 amide bonds. The van der Waals surface area contributed by atoms with Crippen LogP contribution >= 0.6 is 11.8 Å². The number of nitrogens with one attached hydrogen (secondary N) is 2. The Hall–Kier alpha value is -0.590. The maximum absolute atomic E-state index is 11.9. The zero-order valence-corrected chi connectivity index (χ0v) is 11.0. The van der Waals surface area contributed by atoms with Crippen molar-refractivity contribution in [2.75, 3.05) is 31.6 Å². The van der Waals surface area contributed by atoms with Crippen LogP contribution in [0.4, 0.5) is 13.2 Å². The second kappa shape index (κ2) is 9.44. The number of guanidine groups is 1. The molecular formula is C10H20F3N3S. The molecule has 0 fully saturated rings. The minimum atomic E-state index is -4.12.